The molecule has 1 saturated carbocycles. The van der Waals surface area contributed by atoms with Crippen molar-refractivity contribution in [3.8, 4) is 0 Å². The smallest absolute Gasteiger partial charge is 0.256 e. The number of amides is 2. The van der Waals surface area contributed by atoms with E-state index in [4.69, 9.17) is 9.47 Å². The summed E-state index contributed by atoms with van der Waals surface area (Å²) in [5, 5.41) is 3.01. The second-order valence-corrected chi connectivity index (χ2v) is 9.24. The zero-order valence-corrected chi connectivity index (χ0v) is 18.9. The summed E-state index contributed by atoms with van der Waals surface area (Å²) >= 11 is 0. The molecular formula is C24H34FN3O4. The lowest BCUT2D eigenvalue weighted by Gasteiger charge is -2.43. The van der Waals surface area contributed by atoms with Gasteiger partial charge < -0.3 is 14.8 Å². The van der Waals surface area contributed by atoms with E-state index in [1.165, 1.54) is 24.3 Å². The highest BCUT2D eigenvalue weighted by molar-refractivity contribution is 5.98. The third-order valence-electron chi connectivity index (χ3n) is 6.98. The summed E-state index contributed by atoms with van der Waals surface area (Å²) in [7, 11) is 0. The van der Waals surface area contributed by atoms with Crippen LogP contribution in [0, 0.1) is 11.7 Å². The molecule has 2 heterocycles. The predicted octanol–water partition coefficient (Wildman–Crippen LogP) is 2.41. The first-order chi connectivity index (χ1) is 15.5. The molecule has 0 unspecified atom stereocenters. The molecule has 1 atom stereocenters. The third-order valence-corrected chi connectivity index (χ3v) is 6.98. The van der Waals surface area contributed by atoms with Crippen LogP contribution in [0.2, 0.25) is 0 Å². The Kier molecular flexibility index (Phi) is 7.43. The molecule has 0 aromatic heterocycles. The van der Waals surface area contributed by atoms with Crippen molar-refractivity contribution in [2.24, 2.45) is 5.92 Å². The highest BCUT2D eigenvalue weighted by Gasteiger charge is 2.53. The Hall–Kier alpha value is -2.03. The molecule has 1 spiro atoms. The van der Waals surface area contributed by atoms with Crippen LogP contribution in [-0.2, 0) is 14.3 Å². The maximum Gasteiger partial charge on any atom is 0.256 e. The van der Waals surface area contributed by atoms with Gasteiger partial charge in [-0.1, -0.05) is 6.92 Å². The van der Waals surface area contributed by atoms with Gasteiger partial charge in [0, 0.05) is 25.2 Å². The average Bonchev–Trinajstić information content (AvgIpc) is 3.18. The van der Waals surface area contributed by atoms with Crippen molar-refractivity contribution in [2.45, 2.75) is 50.8 Å². The fourth-order valence-electron chi connectivity index (χ4n) is 4.97. The molecule has 2 amide bonds. The Morgan fingerprint density at radius 1 is 1.16 bits per heavy atom. The lowest BCUT2D eigenvalue weighted by Crippen LogP contribution is -2.57. The molecule has 0 bridgehead atoms. The molecule has 3 fully saturated rings. The standard InChI is InChI=1S/C24H34FN3O4/c1-18-7-9-24(10-8-18)28(23(30)19-3-5-20(25)6-4-19)21(17-32-24)22(29)26-11-2-12-27-13-15-31-16-14-27/h3-6,18,21H,2,7-17H2,1H3,(H,26,29)/t18?,21-,24?/m0/s1. The zero-order chi connectivity index (χ0) is 22.6. The summed E-state index contributed by atoms with van der Waals surface area (Å²) in [6.07, 6.45) is 4.15. The number of carbonyl (C=O) groups excluding carboxylic acids is 2. The Morgan fingerprint density at radius 2 is 1.84 bits per heavy atom. The van der Waals surface area contributed by atoms with Crippen molar-refractivity contribution in [3.05, 3.63) is 35.6 Å². The number of ether oxygens (including phenoxy) is 2. The highest BCUT2D eigenvalue weighted by atomic mass is 19.1. The number of rotatable bonds is 6. The van der Waals surface area contributed by atoms with E-state index < -0.39 is 17.6 Å². The van der Waals surface area contributed by atoms with Gasteiger partial charge in [0.25, 0.3) is 5.91 Å². The van der Waals surface area contributed by atoms with E-state index in [2.05, 4.69) is 17.1 Å². The van der Waals surface area contributed by atoms with Gasteiger partial charge in [-0.05, 0) is 68.8 Å². The van der Waals surface area contributed by atoms with Crippen molar-refractivity contribution in [1.82, 2.24) is 15.1 Å². The number of hydrogen-bond donors (Lipinski definition) is 1. The number of halogens is 1. The number of carbonyl (C=O) groups is 2. The molecule has 3 aliphatic rings. The Bertz CT molecular complexity index is 789. The minimum atomic E-state index is -0.756. The first-order valence-electron chi connectivity index (χ1n) is 11.8. The van der Waals surface area contributed by atoms with Crippen molar-refractivity contribution in [2.75, 3.05) is 46.0 Å². The molecule has 4 rings (SSSR count). The molecular weight excluding hydrogens is 413 g/mol. The quantitative estimate of drug-likeness (QED) is 0.679. The van der Waals surface area contributed by atoms with Gasteiger partial charge in [-0.2, -0.15) is 0 Å². The fraction of sp³-hybridized carbons (Fsp3) is 0.667. The van der Waals surface area contributed by atoms with Crippen LogP contribution in [-0.4, -0.2) is 79.4 Å². The summed E-state index contributed by atoms with van der Waals surface area (Å²) in [6, 6.07) is 4.84. The SMILES string of the molecule is CC1CCC2(CC1)OC[C@@H](C(=O)NCCCN1CCOCC1)N2C(=O)c1ccc(F)cc1. The molecule has 1 aliphatic carbocycles. The lowest BCUT2D eigenvalue weighted by molar-refractivity contribution is -0.127. The monoisotopic (exact) mass is 447 g/mol. The third kappa shape index (κ3) is 5.13. The highest BCUT2D eigenvalue weighted by Crippen LogP contribution is 2.43. The van der Waals surface area contributed by atoms with Crippen molar-refractivity contribution < 1.29 is 23.5 Å². The van der Waals surface area contributed by atoms with Gasteiger partial charge in [-0.15, -0.1) is 0 Å². The van der Waals surface area contributed by atoms with E-state index in [1.54, 1.807) is 4.90 Å². The van der Waals surface area contributed by atoms with Crippen LogP contribution in [0.25, 0.3) is 0 Å². The molecule has 7 nitrogen and oxygen atoms in total. The van der Waals surface area contributed by atoms with Gasteiger partial charge in [0.2, 0.25) is 5.91 Å². The molecule has 2 aliphatic heterocycles. The van der Waals surface area contributed by atoms with Crippen molar-refractivity contribution in [1.29, 1.82) is 0 Å². The number of nitrogens with one attached hydrogen (secondary N) is 1. The summed E-state index contributed by atoms with van der Waals surface area (Å²) < 4.78 is 25.0. The zero-order valence-electron chi connectivity index (χ0n) is 18.9. The maximum atomic E-state index is 13.5. The fourth-order valence-corrected chi connectivity index (χ4v) is 4.97. The Balaban J connectivity index is 1.42. The first-order valence-corrected chi connectivity index (χ1v) is 11.8. The van der Waals surface area contributed by atoms with Crippen LogP contribution >= 0.6 is 0 Å². The van der Waals surface area contributed by atoms with Gasteiger partial charge in [-0.3, -0.25) is 19.4 Å². The van der Waals surface area contributed by atoms with Crippen molar-refractivity contribution in [3.63, 3.8) is 0 Å². The number of morpholine rings is 1. The second kappa shape index (κ2) is 10.3. The molecule has 32 heavy (non-hydrogen) atoms. The maximum absolute atomic E-state index is 13.5. The van der Waals surface area contributed by atoms with Crippen LogP contribution in [0.1, 0.15) is 49.4 Å². The van der Waals surface area contributed by atoms with Crippen LogP contribution in [0.4, 0.5) is 4.39 Å². The van der Waals surface area contributed by atoms with Gasteiger partial charge in [0.1, 0.15) is 17.6 Å². The number of nitrogens with zero attached hydrogens (tertiary/aromatic N) is 2. The molecule has 8 heteroatoms. The largest absolute Gasteiger partial charge is 0.379 e. The predicted molar refractivity (Wildman–Crippen MR) is 118 cm³/mol. The molecule has 0 radical (unpaired) electrons. The van der Waals surface area contributed by atoms with E-state index in [-0.39, 0.29) is 18.4 Å². The molecule has 1 aromatic rings. The van der Waals surface area contributed by atoms with E-state index in [0.717, 1.165) is 52.1 Å². The van der Waals surface area contributed by atoms with Crippen molar-refractivity contribution >= 4 is 11.8 Å². The van der Waals surface area contributed by atoms with E-state index in [9.17, 15) is 14.0 Å². The van der Waals surface area contributed by atoms with Crippen LogP contribution < -0.4 is 5.32 Å². The Morgan fingerprint density at radius 3 is 2.53 bits per heavy atom. The van der Waals surface area contributed by atoms with E-state index in [0.29, 0.717) is 30.9 Å². The second-order valence-electron chi connectivity index (χ2n) is 9.24. The average molecular weight is 448 g/mol. The number of benzene rings is 1. The minimum Gasteiger partial charge on any atom is -0.379 e. The van der Waals surface area contributed by atoms with Crippen LogP contribution in [0.5, 0.6) is 0 Å². The topological polar surface area (TPSA) is 71.1 Å². The van der Waals surface area contributed by atoms with Gasteiger partial charge >= 0.3 is 0 Å². The summed E-state index contributed by atoms with van der Waals surface area (Å²) in [6.45, 7) is 7.21. The first kappa shape index (κ1) is 23.1. The lowest BCUT2D eigenvalue weighted by atomic mass is 9.83. The van der Waals surface area contributed by atoms with Gasteiger partial charge in [-0.25, -0.2) is 4.39 Å². The van der Waals surface area contributed by atoms with Crippen LogP contribution in [0.3, 0.4) is 0 Å². The van der Waals surface area contributed by atoms with Crippen LogP contribution in [0.15, 0.2) is 24.3 Å². The van der Waals surface area contributed by atoms with Gasteiger partial charge in [0.15, 0.2) is 0 Å². The van der Waals surface area contributed by atoms with Gasteiger partial charge in [0.05, 0.1) is 19.8 Å². The molecule has 2 saturated heterocycles. The summed E-state index contributed by atoms with van der Waals surface area (Å²) in [4.78, 5) is 30.6. The van der Waals surface area contributed by atoms with E-state index >= 15 is 0 Å². The van der Waals surface area contributed by atoms with E-state index in [1.807, 2.05) is 0 Å². The molecule has 176 valence electrons. The summed E-state index contributed by atoms with van der Waals surface area (Å²) in [5.41, 5.74) is -0.381. The Labute approximate surface area is 189 Å². The summed E-state index contributed by atoms with van der Waals surface area (Å²) in [5.74, 6) is -0.279. The molecule has 1 aromatic carbocycles. The number of hydrogen-bond acceptors (Lipinski definition) is 5. The molecule has 1 N–H and O–H groups in total. The normalized spacial score (nSPS) is 28.8. The minimum absolute atomic E-state index is 0.182.